The van der Waals surface area contributed by atoms with Crippen LogP contribution in [-0.4, -0.2) is 0 Å². The zero-order valence-electron chi connectivity index (χ0n) is 3.87. The van der Waals surface area contributed by atoms with Crippen molar-refractivity contribution in [3.63, 3.8) is 0 Å². The SMILES string of the molecule is O=N[O-].[Cl][Pt]([Cl])[Cl].[NH2-].[NH2-]. The standard InChI is InChI=1S/3ClH.HNO2.2H2N.Pt/c;;;2-1-3;;;/h3*1H;(H,2,3);2*1H2;/q;;;;2*-1;+3/p-4. The molecule has 9 heavy (non-hydrogen) atoms. The first-order chi connectivity index (χ1) is 3.15. The average Bonchev–Trinajstić information content (AvgIpc) is 1.33. The topological polar surface area (TPSA) is 119 Å². The quantitative estimate of drug-likeness (QED) is 0.470. The molecule has 0 aromatic rings. The molecule has 0 aliphatic rings. The molecule has 0 unspecified atom stereocenters. The Morgan fingerprint density at radius 3 is 1.22 bits per heavy atom. The molecular formula is H4Cl3N3O2Pt-3. The fourth-order valence-corrected chi connectivity index (χ4v) is 0. The third-order valence-electron chi connectivity index (χ3n) is 0. The zero-order valence-corrected chi connectivity index (χ0v) is 8.41. The first-order valence-electron chi connectivity index (χ1n) is 0.724. The van der Waals surface area contributed by atoms with Crippen LogP contribution in [-0.2, 0) is 14.2 Å². The van der Waals surface area contributed by atoms with Crippen LogP contribution >= 0.6 is 28.3 Å². The van der Waals surface area contributed by atoms with Crippen LogP contribution in [0.3, 0.4) is 0 Å². The summed E-state index contributed by atoms with van der Waals surface area (Å²) in [5.41, 5.74) is 0. The molecule has 0 rings (SSSR count). The predicted octanol–water partition coefficient (Wildman–Crippen LogP) is 3.75. The fraction of sp³-hybridized carbons (Fsp3) is 0. The third kappa shape index (κ3) is 544. The third-order valence-corrected chi connectivity index (χ3v) is 0. The summed E-state index contributed by atoms with van der Waals surface area (Å²) in [5, 5.41) is 9.00. The van der Waals surface area contributed by atoms with Gasteiger partial charge >= 0.3 is 42.4 Å². The van der Waals surface area contributed by atoms with Crippen LogP contribution in [0.15, 0.2) is 5.34 Å². The average molecular weight is 379 g/mol. The summed E-state index contributed by atoms with van der Waals surface area (Å²) < 4.78 is 0. The van der Waals surface area contributed by atoms with Gasteiger partial charge < -0.3 is 22.4 Å². The second-order valence-electron chi connectivity index (χ2n) is 0.210. The Morgan fingerprint density at radius 2 is 1.22 bits per heavy atom. The van der Waals surface area contributed by atoms with Gasteiger partial charge in [-0.25, -0.2) is 0 Å². The molecule has 0 aromatic heterocycles. The van der Waals surface area contributed by atoms with Crippen LogP contribution in [0.5, 0.6) is 0 Å². The molecule has 9 heteroatoms. The van der Waals surface area contributed by atoms with Crippen molar-refractivity contribution in [2.24, 2.45) is 5.34 Å². The van der Waals surface area contributed by atoms with Crippen LogP contribution in [0.2, 0.25) is 0 Å². The Balaban J connectivity index is -0.0000000233. The van der Waals surface area contributed by atoms with E-state index in [1.165, 1.54) is 0 Å². The fourth-order valence-electron chi connectivity index (χ4n) is 0. The van der Waals surface area contributed by atoms with Gasteiger partial charge in [0.2, 0.25) is 0 Å². The first kappa shape index (κ1) is 22.5. The van der Waals surface area contributed by atoms with Gasteiger partial charge in [0.05, 0.1) is 0 Å². The van der Waals surface area contributed by atoms with Crippen molar-refractivity contribution < 1.29 is 14.2 Å². The van der Waals surface area contributed by atoms with E-state index in [2.05, 4.69) is 0 Å². The minimum absolute atomic E-state index is 0. The van der Waals surface area contributed by atoms with Crippen LogP contribution in [0.4, 0.5) is 0 Å². The van der Waals surface area contributed by atoms with Gasteiger partial charge in [0.15, 0.2) is 0 Å². The first-order valence-corrected chi connectivity index (χ1v) is 9.17. The summed E-state index contributed by atoms with van der Waals surface area (Å²) in [4.78, 5) is 8.00. The minimum atomic E-state index is -1.85. The van der Waals surface area contributed by atoms with Crippen molar-refractivity contribution in [2.45, 2.75) is 0 Å². The monoisotopic (exact) mass is 378 g/mol. The van der Waals surface area contributed by atoms with Gasteiger partial charge in [-0.05, 0) is 0 Å². The van der Waals surface area contributed by atoms with E-state index in [4.69, 9.17) is 38.4 Å². The van der Waals surface area contributed by atoms with E-state index in [0.717, 1.165) is 5.34 Å². The van der Waals surface area contributed by atoms with E-state index < -0.39 is 14.2 Å². The molecule has 0 heterocycles. The Hall–Kier alpha value is 0.878. The summed E-state index contributed by atoms with van der Waals surface area (Å²) >= 11 is -1.85. The Kier molecular flexibility index (Phi) is 58.0. The number of hydrogen-bond acceptors (Lipinski definition) is 3. The summed E-state index contributed by atoms with van der Waals surface area (Å²) in [6, 6.07) is 0. The van der Waals surface area contributed by atoms with Crippen molar-refractivity contribution in [1.29, 1.82) is 0 Å². The van der Waals surface area contributed by atoms with E-state index in [-0.39, 0.29) is 12.3 Å². The van der Waals surface area contributed by atoms with Crippen molar-refractivity contribution in [1.82, 2.24) is 0 Å². The molecule has 0 saturated carbocycles. The molecule has 0 aliphatic heterocycles. The maximum absolute atomic E-state index is 8.00. The Labute approximate surface area is 70.1 Å². The van der Waals surface area contributed by atoms with Crippen LogP contribution in [0.25, 0.3) is 12.3 Å². The van der Waals surface area contributed by atoms with Gasteiger partial charge in [0.1, 0.15) is 0 Å². The molecule has 0 atom stereocenters. The number of rotatable bonds is 0. The molecular weight excluding hydrogens is 375 g/mol. The molecule has 0 saturated heterocycles. The smallest absolute Gasteiger partial charge is 0.693 e. The summed E-state index contributed by atoms with van der Waals surface area (Å²) in [5.74, 6) is 0. The molecule has 0 amide bonds. The second-order valence-corrected chi connectivity index (χ2v) is 10.1. The summed E-state index contributed by atoms with van der Waals surface area (Å²) in [6.45, 7) is 0. The molecule has 0 bridgehead atoms. The van der Waals surface area contributed by atoms with Crippen LogP contribution in [0, 0.1) is 10.1 Å². The van der Waals surface area contributed by atoms with E-state index in [1.807, 2.05) is 0 Å². The molecule has 5 nitrogen and oxygen atoms in total. The van der Waals surface area contributed by atoms with Gasteiger partial charge in [0, 0.05) is 0 Å². The van der Waals surface area contributed by atoms with Gasteiger partial charge in [-0.1, -0.05) is 0 Å². The van der Waals surface area contributed by atoms with E-state index in [1.54, 1.807) is 0 Å². The van der Waals surface area contributed by atoms with Gasteiger partial charge in [-0.15, -0.1) is 5.34 Å². The van der Waals surface area contributed by atoms with Crippen molar-refractivity contribution >= 4 is 28.3 Å². The molecule has 0 radical (unpaired) electrons. The van der Waals surface area contributed by atoms with Crippen molar-refractivity contribution in [2.75, 3.05) is 0 Å². The second kappa shape index (κ2) is 23.2. The molecule has 0 aromatic carbocycles. The maximum Gasteiger partial charge on any atom is -0.693 e. The maximum atomic E-state index is 8.00. The van der Waals surface area contributed by atoms with Gasteiger partial charge in [-0.3, -0.25) is 0 Å². The van der Waals surface area contributed by atoms with Crippen LogP contribution < -0.4 is 0 Å². The summed E-state index contributed by atoms with van der Waals surface area (Å²) in [6.07, 6.45) is 0. The normalized spacial score (nSPS) is 6.33. The van der Waals surface area contributed by atoms with Crippen LogP contribution in [0.1, 0.15) is 0 Å². The predicted molar refractivity (Wildman–Crippen MR) is 37.3 cm³/mol. The molecule has 4 N–H and O–H groups in total. The number of nitrogens with two attached hydrogens (primary N) is 2. The molecule has 65 valence electrons. The number of nitrogens with zero attached hydrogens (tertiary/aromatic N) is 1. The van der Waals surface area contributed by atoms with Gasteiger partial charge in [-0.2, -0.15) is 0 Å². The van der Waals surface area contributed by atoms with E-state index in [0.29, 0.717) is 0 Å². The number of halogens is 3. The van der Waals surface area contributed by atoms with Crippen molar-refractivity contribution in [3.8, 4) is 0 Å². The van der Waals surface area contributed by atoms with Crippen molar-refractivity contribution in [3.05, 3.63) is 22.4 Å². The molecule has 0 spiro atoms. The summed E-state index contributed by atoms with van der Waals surface area (Å²) in [7, 11) is 14.9. The molecule has 0 aliphatic carbocycles. The Morgan fingerprint density at radius 1 is 1.22 bits per heavy atom. The van der Waals surface area contributed by atoms with E-state index in [9.17, 15) is 0 Å². The van der Waals surface area contributed by atoms with Gasteiger partial charge in [0.25, 0.3) is 0 Å². The Bertz CT molecular complexity index is 41.3. The largest absolute Gasteiger partial charge is 0.693 e. The van der Waals surface area contributed by atoms with E-state index >= 15 is 0 Å². The number of hydrogen-bond donors (Lipinski definition) is 0. The minimum Gasteiger partial charge on any atom is -0.693 e. The zero-order chi connectivity index (χ0) is 6.28. The molecule has 0 fully saturated rings.